The second-order valence-corrected chi connectivity index (χ2v) is 10.8. The molecule has 0 fully saturated rings. The molecule has 22 heavy (non-hydrogen) atoms. The maximum Gasteiger partial charge on any atom is 0.521 e. The average Bonchev–Trinajstić information content (AvgIpc) is 2.44. The summed E-state index contributed by atoms with van der Waals surface area (Å²) in [6, 6.07) is 0. The van der Waals surface area contributed by atoms with Gasteiger partial charge in [0.05, 0.1) is 24.6 Å². The Morgan fingerprint density at radius 2 is 0.727 bits per heavy atom. The lowest BCUT2D eigenvalue weighted by atomic mass is 10.1. The molecule has 0 saturated heterocycles. The van der Waals surface area contributed by atoms with Gasteiger partial charge in [0.2, 0.25) is 0 Å². The lowest BCUT2D eigenvalue weighted by Gasteiger charge is -2.28. The molecule has 0 aliphatic carbocycles. The molecule has 0 atom stereocenters. The Labute approximate surface area is 138 Å². The van der Waals surface area contributed by atoms with E-state index in [1.54, 1.807) is 24.6 Å². The van der Waals surface area contributed by atoms with Crippen LogP contribution in [-0.2, 0) is 0 Å². The van der Waals surface area contributed by atoms with Crippen LogP contribution in [0.25, 0.3) is 0 Å². The van der Waals surface area contributed by atoms with Gasteiger partial charge in [-0.3, -0.25) is 0 Å². The van der Waals surface area contributed by atoms with Crippen molar-refractivity contribution >= 4 is 14.2 Å². The summed E-state index contributed by atoms with van der Waals surface area (Å²) in [5.41, 5.74) is 0. The highest BCUT2D eigenvalue weighted by Crippen LogP contribution is 2.61. The van der Waals surface area contributed by atoms with E-state index in [4.69, 9.17) is 20.1 Å². The Kier molecular flexibility index (Phi) is 16.6. The predicted octanol–water partition coefficient (Wildman–Crippen LogP) is 3.60. The summed E-state index contributed by atoms with van der Waals surface area (Å²) in [6.07, 6.45) is 17.9. The Hall–Kier alpha value is 0.335. The summed E-state index contributed by atoms with van der Waals surface area (Å²) in [7, 11) is -0.562. The van der Waals surface area contributed by atoms with Gasteiger partial charge in [-0.15, -0.1) is 0 Å². The van der Waals surface area contributed by atoms with E-state index in [0.717, 1.165) is 0 Å². The van der Waals surface area contributed by atoms with Gasteiger partial charge in [0, 0.05) is 7.26 Å². The van der Waals surface area contributed by atoms with Gasteiger partial charge in [0.25, 0.3) is 0 Å². The van der Waals surface area contributed by atoms with Gasteiger partial charge in [-0.25, -0.2) is 0 Å². The number of hydrogen-bond acceptors (Lipinski definition) is 4. The van der Waals surface area contributed by atoms with Gasteiger partial charge < -0.3 is 20.1 Å². The third-order valence-electron chi connectivity index (χ3n) is 3.94. The van der Waals surface area contributed by atoms with Crippen molar-refractivity contribution in [1.82, 2.24) is 0 Å². The molecule has 0 bridgehead atoms. The quantitative estimate of drug-likeness (QED) is 0.324. The van der Waals surface area contributed by atoms with Gasteiger partial charge in [0.15, 0.2) is 0 Å². The first-order valence-electron chi connectivity index (χ1n) is 9.13. The highest BCUT2D eigenvalue weighted by molar-refractivity contribution is 7.75. The first-order valence-corrected chi connectivity index (χ1v) is 11.7. The largest absolute Gasteiger partial charge is 0.534 e. The predicted molar refractivity (Wildman–Crippen MR) is 101 cm³/mol. The first-order chi connectivity index (χ1) is 10.2. The fraction of sp³-hybridized carbons (Fsp3) is 1.00. The Morgan fingerprint density at radius 3 is 0.864 bits per heavy atom. The van der Waals surface area contributed by atoms with Crippen molar-refractivity contribution in [3.05, 3.63) is 0 Å². The second-order valence-electron chi connectivity index (χ2n) is 6.34. The van der Waals surface area contributed by atoms with Crippen LogP contribution in [0.1, 0.15) is 79.1 Å². The first kappa shape index (κ1) is 24.6. The molecule has 136 valence electrons. The van der Waals surface area contributed by atoms with E-state index in [9.17, 15) is 0 Å². The summed E-state index contributed by atoms with van der Waals surface area (Å²) >= 11 is 0. The van der Waals surface area contributed by atoms with Crippen molar-refractivity contribution in [2.45, 2.75) is 79.1 Å². The maximum atomic E-state index is 7.25. The number of rotatable bonds is 12. The Bertz CT molecular complexity index is 191. The van der Waals surface area contributed by atoms with E-state index in [1.165, 1.54) is 51.4 Å². The van der Waals surface area contributed by atoms with Crippen LogP contribution >= 0.6 is 7.26 Å². The smallest absolute Gasteiger partial charge is 0.521 e. The summed E-state index contributed by atoms with van der Waals surface area (Å²) in [5.74, 6) is 0. The molecule has 0 radical (unpaired) electrons. The molecule has 0 aromatic heterocycles. The molecule has 4 nitrogen and oxygen atoms in total. The molecule has 0 spiro atoms. The summed E-state index contributed by atoms with van der Waals surface area (Å²) < 4.78 is 0. The van der Waals surface area contributed by atoms with Crippen LogP contribution in [0.4, 0.5) is 0 Å². The van der Waals surface area contributed by atoms with E-state index in [0.29, 0.717) is 0 Å². The highest BCUT2D eigenvalue weighted by Gasteiger charge is 2.34. The topological polar surface area (TPSA) is 80.9 Å². The molecule has 6 heteroatoms. The third kappa shape index (κ3) is 18.4. The molecule has 0 aliphatic rings. The highest BCUT2D eigenvalue weighted by atomic mass is 31.2. The standard InChI is InChI=1S/C16H36P.BH4O4/c1-5-9-13-17(14-10-6-2,15-11-7-3)16-12-8-4;2-1(3,4)5/h5-16H2,1-4H3;2-5H/q+1;-1. The zero-order valence-electron chi connectivity index (χ0n) is 15.3. The van der Waals surface area contributed by atoms with Crippen LogP contribution in [0, 0.1) is 0 Å². The summed E-state index contributed by atoms with van der Waals surface area (Å²) in [5, 5.41) is 29.0. The van der Waals surface area contributed by atoms with Crippen molar-refractivity contribution in [2.75, 3.05) is 24.6 Å². The molecule has 0 aromatic rings. The Balaban J connectivity index is 0. The molecule has 0 aromatic carbocycles. The van der Waals surface area contributed by atoms with Crippen molar-refractivity contribution < 1.29 is 20.1 Å². The van der Waals surface area contributed by atoms with E-state index in [2.05, 4.69) is 27.7 Å². The molecule has 0 unspecified atom stereocenters. The van der Waals surface area contributed by atoms with Crippen LogP contribution in [-0.4, -0.2) is 51.7 Å². The van der Waals surface area contributed by atoms with Gasteiger partial charge in [-0.1, -0.05) is 53.4 Å². The normalized spacial score (nSPS) is 12.0. The molecule has 0 saturated carbocycles. The van der Waals surface area contributed by atoms with E-state index >= 15 is 0 Å². The van der Waals surface area contributed by atoms with Crippen LogP contribution < -0.4 is 0 Å². The minimum Gasteiger partial charge on any atom is -0.534 e. The molecule has 0 amide bonds. The molecule has 0 rings (SSSR count). The van der Waals surface area contributed by atoms with Crippen LogP contribution in [0.5, 0.6) is 0 Å². The fourth-order valence-corrected chi connectivity index (χ4v) is 7.93. The monoisotopic (exact) mass is 338 g/mol. The SMILES string of the molecule is CCCC[P+](CCCC)(CCCC)CCCC.O[B-](O)(O)O. The minimum atomic E-state index is -4.00. The van der Waals surface area contributed by atoms with E-state index < -0.39 is 14.2 Å². The van der Waals surface area contributed by atoms with E-state index in [-0.39, 0.29) is 0 Å². The summed E-state index contributed by atoms with van der Waals surface area (Å²) in [4.78, 5) is 0. The summed E-state index contributed by atoms with van der Waals surface area (Å²) in [6.45, 7) is 5.42. The van der Waals surface area contributed by atoms with Crippen molar-refractivity contribution in [3.8, 4) is 0 Å². The van der Waals surface area contributed by atoms with Crippen LogP contribution in [0.15, 0.2) is 0 Å². The van der Waals surface area contributed by atoms with Crippen molar-refractivity contribution in [3.63, 3.8) is 0 Å². The lowest BCUT2D eigenvalue weighted by molar-refractivity contribution is 0.117. The fourth-order valence-electron chi connectivity index (χ4n) is 2.64. The molecular formula is C16H40BO4P. The number of hydrogen-bond donors (Lipinski definition) is 4. The zero-order chi connectivity index (χ0) is 17.5. The van der Waals surface area contributed by atoms with Crippen molar-refractivity contribution in [1.29, 1.82) is 0 Å². The van der Waals surface area contributed by atoms with Crippen LogP contribution in [0.2, 0.25) is 0 Å². The van der Waals surface area contributed by atoms with Crippen molar-refractivity contribution in [2.24, 2.45) is 0 Å². The molecule has 0 heterocycles. The van der Waals surface area contributed by atoms with Gasteiger partial charge in [-0.2, -0.15) is 0 Å². The maximum absolute atomic E-state index is 7.25. The Morgan fingerprint density at radius 1 is 0.545 bits per heavy atom. The molecule has 4 N–H and O–H groups in total. The minimum absolute atomic E-state index is 0.562. The average molecular weight is 338 g/mol. The zero-order valence-corrected chi connectivity index (χ0v) is 16.2. The van der Waals surface area contributed by atoms with Gasteiger partial charge in [-0.05, 0) is 25.7 Å². The van der Waals surface area contributed by atoms with Gasteiger partial charge >= 0.3 is 6.96 Å². The third-order valence-corrected chi connectivity index (χ3v) is 9.00. The van der Waals surface area contributed by atoms with Crippen LogP contribution in [0.3, 0.4) is 0 Å². The van der Waals surface area contributed by atoms with Gasteiger partial charge in [0.1, 0.15) is 0 Å². The lowest BCUT2D eigenvalue weighted by Crippen LogP contribution is -2.33. The molecular weight excluding hydrogens is 298 g/mol. The number of unbranched alkanes of at least 4 members (excludes halogenated alkanes) is 4. The molecule has 0 aliphatic heterocycles. The van der Waals surface area contributed by atoms with E-state index in [1.807, 2.05) is 0 Å². The second kappa shape index (κ2) is 14.9.